The molecule has 0 aliphatic rings. The number of sulfonamides is 1. The number of carbonyl (C=O) groups is 1. The zero-order valence-corrected chi connectivity index (χ0v) is 16.4. The van der Waals surface area contributed by atoms with Crippen molar-refractivity contribution in [2.24, 2.45) is 0 Å². The zero-order chi connectivity index (χ0) is 19.4. The number of hydrogen-bond donors (Lipinski definition) is 2. The van der Waals surface area contributed by atoms with Crippen LogP contribution < -0.4 is 14.8 Å². The van der Waals surface area contributed by atoms with Crippen molar-refractivity contribution < 1.29 is 17.9 Å². The van der Waals surface area contributed by atoms with E-state index in [-0.39, 0.29) is 5.91 Å². The molecule has 0 unspecified atom stereocenters. The molecule has 0 spiro atoms. The van der Waals surface area contributed by atoms with E-state index in [2.05, 4.69) is 10.0 Å². The summed E-state index contributed by atoms with van der Waals surface area (Å²) in [5.41, 5.74) is 2.70. The van der Waals surface area contributed by atoms with Gasteiger partial charge in [-0.25, -0.2) is 8.42 Å². The Balaban J connectivity index is 1.78. The lowest BCUT2D eigenvalue weighted by molar-refractivity contribution is 0.103. The Morgan fingerprint density at radius 1 is 1.04 bits per heavy atom. The first-order chi connectivity index (χ1) is 12.9. The molecule has 3 rings (SSSR count). The van der Waals surface area contributed by atoms with E-state index in [1.165, 1.54) is 11.3 Å². The molecule has 1 heterocycles. The minimum Gasteiger partial charge on any atom is -0.496 e. The third-order valence-electron chi connectivity index (χ3n) is 3.66. The molecule has 140 valence electrons. The number of rotatable bonds is 6. The summed E-state index contributed by atoms with van der Waals surface area (Å²) in [5, 5.41) is 4.68. The van der Waals surface area contributed by atoms with Gasteiger partial charge in [-0.3, -0.25) is 9.52 Å². The molecule has 1 amide bonds. The highest BCUT2D eigenvalue weighted by molar-refractivity contribution is 7.92. The van der Waals surface area contributed by atoms with Crippen molar-refractivity contribution in [3.8, 4) is 16.9 Å². The second-order valence-electron chi connectivity index (χ2n) is 5.81. The summed E-state index contributed by atoms with van der Waals surface area (Å²) in [6, 6.07) is 15.9. The molecule has 2 aromatic carbocycles. The quantitative estimate of drug-likeness (QED) is 0.651. The highest BCUT2D eigenvalue weighted by Crippen LogP contribution is 2.33. The topological polar surface area (TPSA) is 84.5 Å². The molecule has 1 aromatic heterocycles. The second-order valence-corrected chi connectivity index (χ2v) is 8.47. The Hall–Kier alpha value is -2.84. The van der Waals surface area contributed by atoms with Crippen LogP contribution in [0.25, 0.3) is 11.1 Å². The predicted molar refractivity (Wildman–Crippen MR) is 109 cm³/mol. The molecule has 0 aliphatic carbocycles. The van der Waals surface area contributed by atoms with Crippen molar-refractivity contribution in [3.05, 3.63) is 64.9 Å². The third-order valence-corrected chi connectivity index (χ3v) is 5.20. The van der Waals surface area contributed by atoms with Crippen molar-refractivity contribution in [2.45, 2.75) is 0 Å². The Labute approximate surface area is 161 Å². The highest BCUT2D eigenvalue weighted by Gasteiger charge is 2.13. The fourth-order valence-electron chi connectivity index (χ4n) is 2.55. The number of amides is 1. The molecule has 3 aromatic rings. The summed E-state index contributed by atoms with van der Waals surface area (Å²) in [6.45, 7) is 0. The van der Waals surface area contributed by atoms with Crippen molar-refractivity contribution >= 4 is 38.6 Å². The molecule has 0 bridgehead atoms. The van der Waals surface area contributed by atoms with Crippen LogP contribution in [0.1, 0.15) is 9.67 Å². The summed E-state index contributed by atoms with van der Waals surface area (Å²) in [7, 11) is -1.77. The lowest BCUT2D eigenvalue weighted by Crippen LogP contribution is -2.12. The van der Waals surface area contributed by atoms with E-state index in [9.17, 15) is 13.2 Å². The molecular formula is C19H18N2O4S2. The van der Waals surface area contributed by atoms with E-state index < -0.39 is 10.0 Å². The van der Waals surface area contributed by atoms with Crippen LogP contribution in [-0.2, 0) is 10.0 Å². The van der Waals surface area contributed by atoms with Gasteiger partial charge in [-0.15, -0.1) is 11.3 Å². The monoisotopic (exact) mass is 402 g/mol. The molecular weight excluding hydrogens is 384 g/mol. The number of anilines is 2. The van der Waals surface area contributed by atoms with Gasteiger partial charge in [0, 0.05) is 11.3 Å². The lowest BCUT2D eigenvalue weighted by Gasteiger charge is -2.08. The Morgan fingerprint density at radius 2 is 1.78 bits per heavy atom. The molecule has 0 saturated heterocycles. The van der Waals surface area contributed by atoms with Crippen LogP contribution in [0, 0.1) is 0 Å². The van der Waals surface area contributed by atoms with Crippen molar-refractivity contribution in [1.82, 2.24) is 0 Å². The van der Waals surface area contributed by atoms with E-state index in [4.69, 9.17) is 4.74 Å². The average molecular weight is 402 g/mol. The summed E-state index contributed by atoms with van der Waals surface area (Å²) in [6.07, 6.45) is 1.07. The zero-order valence-electron chi connectivity index (χ0n) is 14.7. The molecule has 8 heteroatoms. The molecule has 6 nitrogen and oxygen atoms in total. The van der Waals surface area contributed by atoms with Gasteiger partial charge in [-0.05, 0) is 41.3 Å². The maximum Gasteiger partial charge on any atom is 0.265 e. The Kier molecular flexibility index (Phi) is 5.48. The standard InChI is InChI=1S/C19H18N2O4S2/c1-25-17-9-4-3-8-16(17)13-10-18(26-12-13)19(22)20-14-6-5-7-15(11-14)21-27(2,23)24/h3-12,21H,1-2H3,(H,20,22). The maximum atomic E-state index is 12.5. The summed E-state index contributed by atoms with van der Waals surface area (Å²) in [5.74, 6) is 0.472. The van der Waals surface area contributed by atoms with E-state index >= 15 is 0 Å². The van der Waals surface area contributed by atoms with Crippen molar-refractivity contribution in [2.75, 3.05) is 23.4 Å². The minimum atomic E-state index is -3.38. The van der Waals surface area contributed by atoms with Crippen LogP contribution in [0.5, 0.6) is 5.75 Å². The molecule has 0 radical (unpaired) electrons. The van der Waals surface area contributed by atoms with Crippen LogP contribution in [0.4, 0.5) is 11.4 Å². The van der Waals surface area contributed by atoms with Crippen LogP contribution in [0.3, 0.4) is 0 Å². The van der Waals surface area contributed by atoms with Crippen LogP contribution in [0.2, 0.25) is 0 Å². The third kappa shape index (κ3) is 4.87. The van der Waals surface area contributed by atoms with Gasteiger partial charge >= 0.3 is 0 Å². The van der Waals surface area contributed by atoms with E-state index in [0.29, 0.717) is 16.3 Å². The second kappa shape index (κ2) is 7.81. The number of carbonyl (C=O) groups excluding carboxylic acids is 1. The maximum absolute atomic E-state index is 12.5. The van der Waals surface area contributed by atoms with Gasteiger partial charge in [0.2, 0.25) is 10.0 Å². The lowest BCUT2D eigenvalue weighted by atomic mass is 10.1. The molecule has 27 heavy (non-hydrogen) atoms. The van der Waals surface area contributed by atoms with Crippen molar-refractivity contribution in [3.63, 3.8) is 0 Å². The van der Waals surface area contributed by atoms with Crippen molar-refractivity contribution in [1.29, 1.82) is 0 Å². The average Bonchev–Trinajstić information content (AvgIpc) is 3.10. The number of methoxy groups -OCH3 is 1. The van der Waals surface area contributed by atoms with Gasteiger partial charge in [-0.1, -0.05) is 24.3 Å². The van der Waals surface area contributed by atoms with Gasteiger partial charge in [-0.2, -0.15) is 0 Å². The highest BCUT2D eigenvalue weighted by atomic mass is 32.2. The first-order valence-corrected chi connectivity index (χ1v) is 10.7. The normalized spacial score (nSPS) is 11.0. The summed E-state index contributed by atoms with van der Waals surface area (Å²) >= 11 is 1.33. The number of thiophene rings is 1. The van der Waals surface area contributed by atoms with Gasteiger partial charge in [0.1, 0.15) is 5.75 Å². The predicted octanol–water partition coefficient (Wildman–Crippen LogP) is 4.05. The molecule has 2 N–H and O–H groups in total. The number of hydrogen-bond acceptors (Lipinski definition) is 5. The molecule has 0 aliphatic heterocycles. The molecule has 0 atom stereocenters. The number of para-hydroxylation sites is 1. The largest absolute Gasteiger partial charge is 0.496 e. The van der Waals surface area contributed by atoms with Crippen LogP contribution in [-0.4, -0.2) is 27.7 Å². The van der Waals surface area contributed by atoms with Crippen LogP contribution >= 0.6 is 11.3 Å². The van der Waals surface area contributed by atoms with Crippen LogP contribution in [0.15, 0.2) is 60.0 Å². The fraction of sp³-hybridized carbons (Fsp3) is 0.105. The van der Waals surface area contributed by atoms with E-state index in [1.807, 2.05) is 29.6 Å². The number of benzene rings is 2. The van der Waals surface area contributed by atoms with Gasteiger partial charge in [0.25, 0.3) is 5.91 Å². The van der Waals surface area contributed by atoms with Gasteiger partial charge < -0.3 is 10.1 Å². The molecule has 0 saturated carbocycles. The number of ether oxygens (including phenoxy) is 1. The SMILES string of the molecule is COc1ccccc1-c1csc(C(=O)Nc2cccc(NS(C)(=O)=O)c2)c1. The van der Waals surface area contributed by atoms with Gasteiger partial charge in [0.15, 0.2) is 0 Å². The van der Waals surface area contributed by atoms with Gasteiger partial charge in [0.05, 0.1) is 23.9 Å². The Bertz CT molecular complexity index is 1070. The Morgan fingerprint density at radius 3 is 2.52 bits per heavy atom. The first-order valence-electron chi connectivity index (χ1n) is 7.97. The molecule has 0 fully saturated rings. The first kappa shape index (κ1) is 18.9. The summed E-state index contributed by atoms with van der Waals surface area (Å²) < 4.78 is 30.4. The smallest absolute Gasteiger partial charge is 0.265 e. The minimum absolute atomic E-state index is 0.266. The fourth-order valence-corrected chi connectivity index (χ4v) is 3.90. The van der Waals surface area contributed by atoms with E-state index in [1.54, 1.807) is 37.4 Å². The van der Waals surface area contributed by atoms with E-state index in [0.717, 1.165) is 23.1 Å². The number of nitrogens with one attached hydrogen (secondary N) is 2. The summed E-state index contributed by atoms with van der Waals surface area (Å²) in [4.78, 5) is 13.1.